The van der Waals surface area contributed by atoms with Gasteiger partial charge in [-0.25, -0.2) is 0 Å². The molecule has 0 N–H and O–H groups in total. The normalized spacial score (nSPS) is 17.8. The average Bonchev–Trinajstić information content (AvgIpc) is 3.00. The summed E-state index contributed by atoms with van der Waals surface area (Å²) in [5, 5.41) is 0.755. The summed E-state index contributed by atoms with van der Waals surface area (Å²) >= 11 is 6.29. The summed E-state index contributed by atoms with van der Waals surface area (Å²) in [4.78, 5) is 7.42. The number of aliphatic imine (C=N–C) groups is 1. The largest absolute Gasteiger partial charge is 0.321 e. The van der Waals surface area contributed by atoms with Crippen LogP contribution in [0.15, 0.2) is 77.8 Å². The third-order valence-corrected chi connectivity index (χ3v) is 5.02. The molecule has 0 spiro atoms. The highest BCUT2D eigenvalue weighted by molar-refractivity contribution is 6.30. The van der Waals surface area contributed by atoms with Crippen molar-refractivity contribution in [3.8, 4) is 0 Å². The van der Waals surface area contributed by atoms with Crippen LogP contribution < -0.4 is 4.90 Å². The molecule has 0 aliphatic carbocycles. The molecular formula is C21H15ClN2. The van der Waals surface area contributed by atoms with Gasteiger partial charge in [-0.2, -0.15) is 0 Å². The van der Waals surface area contributed by atoms with Crippen molar-refractivity contribution in [3.63, 3.8) is 0 Å². The van der Waals surface area contributed by atoms with Crippen LogP contribution in [0.4, 0.5) is 5.69 Å². The van der Waals surface area contributed by atoms with Gasteiger partial charge >= 0.3 is 0 Å². The Hall–Kier alpha value is -2.58. The molecule has 0 bridgehead atoms. The molecule has 1 unspecified atom stereocenters. The first-order chi connectivity index (χ1) is 11.8. The molecular weight excluding hydrogens is 316 g/mol. The van der Waals surface area contributed by atoms with E-state index in [1.54, 1.807) is 0 Å². The minimum absolute atomic E-state index is 0.0164. The lowest BCUT2D eigenvalue weighted by Gasteiger charge is -2.31. The van der Waals surface area contributed by atoms with Crippen molar-refractivity contribution < 1.29 is 0 Å². The van der Waals surface area contributed by atoms with Gasteiger partial charge in [-0.15, -0.1) is 0 Å². The number of rotatable bonds is 1. The Bertz CT molecular complexity index is 963. The number of amidine groups is 1. The standard InChI is InChI=1S/C21H15ClN2/c22-16-10-11-19-18(12-16)20(14-6-2-1-3-7-14)23-21-17-9-5-4-8-15(17)13-24(19)21/h1-12,20H,13H2. The number of hydrogen-bond acceptors (Lipinski definition) is 2. The zero-order valence-electron chi connectivity index (χ0n) is 13.0. The summed E-state index contributed by atoms with van der Waals surface area (Å²) in [6, 6.07) is 25.1. The van der Waals surface area contributed by atoms with Crippen LogP contribution in [-0.2, 0) is 6.54 Å². The highest BCUT2D eigenvalue weighted by Crippen LogP contribution is 2.43. The first kappa shape index (κ1) is 13.8. The van der Waals surface area contributed by atoms with E-state index in [4.69, 9.17) is 16.6 Å². The van der Waals surface area contributed by atoms with Gasteiger partial charge in [-0.3, -0.25) is 4.99 Å². The molecule has 2 aliphatic heterocycles. The maximum Gasteiger partial charge on any atom is 0.137 e. The van der Waals surface area contributed by atoms with E-state index >= 15 is 0 Å². The summed E-state index contributed by atoms with van der Waals surface area (Å²) in [6.07, 6.45) is 0. The van der Waals surface area contributed by atoms with Crippen molar-refractivity contribution in [1.82, 2.24) is 0 Å². The zero-order valence-corrected chi connectivity index (χ0v) is 13.7. The summed E-state index contributed by atoms with van der Waals surface area (Å²) < 4.78 is 0. The second kappa shape index (κ2) is 5.22. The van der Waals surface area contributed by atoms with E-state index in [-0.39, 0.29) is 6.04 Å². The summed E-state index contributed by atoms with van der Waals surface area (Å²) in [5.41, 5.74) is 6.13. The molecule has 0 saturated heterocycles. The highest BCUT2D eigenvalue weighted by Gasteiger charge is 2.34. The maximum atomic E-state index is 6.29. The molecule has 0 fully saturated rings. The fourth-order valence-corrected chi connectivity index (χ4v) is 3.86. The van der Waals surface area contributed by atoms with Gasteiger partial charge in [-0.1, -0.05) is 66.2 Å². The molecule has 0 amide bonds. The molecule has 0 aromatic heterocycles. The number of anilines is 1. The van der Waals surface area contributed by atoms with Gasteiger partial charge in [0.2, 0.25) is 0 Å². The van der Waals surface area contributed by atoms with Crippen LogP contribution in [0.2, 0.25) is 5.02 Å². The quantitative estimate of drug-likeness (QED) is 0.598. The van der Waals surface area contributed by atoms with Crippen LogP contribution in [0, 0.1) is 0 Å². The SMILES string of the molecule is Clc1ccc2c(c1)C(c1ccccc1)N=C1c3ccccc3CN12. The van der Waals surface area contributed by atoms with E-state index in [1.165, 1.54) is 27.9 Å². The summed E-state index contributed by atoms with van der Waals surface area (Å²) in [5.74, 6) is 1.06. The van der Waals surface area contributed by atoms with Gasteiger partial charge < -0.3 is 4.90 Å². The van der Waals surface area contributed by atoms with Crippen molar-refractivity contribution in [2.24, 2.45) is 4.99 Å². The first-order valence-electron chi connectivity index (χ1n) is 8.09. The molecule has 1 atom stereocenters. The minimum atomic E-state index is -0.0164. The molecule has 116 valence electrons. The molecule has 2 aliphatic rings. The predicted octanol–water partition coefficient (Wildman–Crippen LogP) is 5.21. The van der Waals surface area contributed by atoms with E-state index in [0.717, 1.165) is 17.4 Å². The lowest BCUT2D eigenvalue weighted by atomic mass is 9.95. The Morgan fingerprint density at radius 2 is 1.71 bits per heavy atom. The number of hydrogen-bond donors (Lipinski definition) is 0. The van der Waals surface area contributed by atoms with Gasteiger partial charge in [0.1, 0.15) is 11.9 Å². The van der Waals surface area contributed by atoms with E-state index in [0.29, 0.717) is 0 Å². The second-order valence-corrected chi connectivity index (χ2v) is 6.65. The van der Waals surface area contributed by atoms with Crippen LogP contribution in [0.5, 0.6) is 0 Å². The molecule has 0 saturated carbocycles. The van der Waals surface area contributed by atoms with Crippen molar-refractivity contribution in [1.29, 1.82) is 0 Å². The number of nitrogens with zero attached hydrogens (tertiary/aromatic N) is 2. The average molecular weight is 331 g/mol. The minimum Gasteiger partial charge on any atom is -0.321 e. The molecule has 24 heavy (non-hydrogen) atoms. The maximum absolute atomic E-state index is 6.29. The Morgan fingerprint density at radius 1 is 0.917 bits per heavy atom. The van der Waals surface area contributed by atoms with Gasteiger partial charge in [0, 0.05) is 21.8 Å². The van der Waals surface area contributed by atoms with Crippen LogP contribution in [0.3, 0.4) is 0 Å². The van der Waals surface area contributed by atoms with Gasteiger partial charge in [0.25, 0.3) is 0 Å². The van der Waals surface area contributed by atoms with Crippen LogP contribution in [-0.4, -0.2) is 5.84 Å². The molecule has 3 heteroatoms. The fourth-order valence-electron chi connectivity index (χ4n) is 3.68. The summed E-state index contributed by atoms with van der Waals surface area (Å²) in [7, 11) is 0. The number of fused-ring (bicyclic) bond motifs is 5. The van der Waals surface area contributed by atoms with Crippen molar-refractivity contribution in [3.05, 3.63) is 100 Å². The highest BCUT2D eigenvalue weighted by atomic mass is 35.5. The van der Waals surface area contributed by atoms with E-state index < -0.39 is 0 Å². The van der Waals surface area contributed by atoms with Gasteiger partial charge in [0.05, 0.1) is 6.54 Å². The number of halogens is 1. The monoisotopic (exact) mass is 330 g/mol. The van der Waals surface area contributed by atoms with Crippen LogP contribution in [0.1, 0.15) is 28.3 Å². The second-order valence-electron chi connectivity index (χ2n) is 6.21. The first-order valence-corrected chi connectivity index (χ1v) is 8.47. The Labute approximate surface area is 146 Å². The van der Waals surface area contributed by atoms with Crippen molar-refractivity contribution in [2.45, 2.75) is 12.6 Å². The Kier molecular flexibility index (Phi) is 3.00. The molecule has 3 aromatic carbocycles. The lowest BCUT2D eigenvalue weighted by molar-refractivity contribution is 0.834. The molecule has 3 aromatic rings. The van der Waals surface area contributed by atoms with Gasteiger partial charge in [-0.05, 0) is 29.3 Å². The third-order valence-electron chi connectivity index (χ3n) is 4.78. The third kappa shape index (κ3) is 2.00. The molecule has 0 radical (unpaired) electrons. The Morgan fingerprint density at radius 3 is 2.58 bits per heavy atom. The van der Waals surface area contributed by atoms with E-state index in [1.807, 2.05) is 12.1 Å². The molecule has 5 rings (SSSR count). The zero-order chi connectivity index (χ0) is 16.1. The number of benzene rings is 3. The topological polar surface area (TPSA) is 15.6 Å². The molecule has 2 nitrogen and oxygen atoms in total. The van der Waals surface area contributed by atoms with E-state index in [9.17, 15) is 0 Å². The summed E-state index contributed by atoms with van der Waals surface area (Å²) in [6.45, 7) is 0.866. The predicted molar refractivity (Wildman–Crippen MR) is 98.9 cm³/mol. The molecule has 2 heterocycles. The van der Waals surface area contributed by atoms with Gasteiger partial charge in [0.15, 0.2) is 0 Å². The van der Waals surface area contributed by atoms with Crippen molar-refractivity contribution >= 4 is 23.1 Å². The smallest absolute Gasteiger partial charge is 0.137 e. The van der Waals surface area contributed by atoms with Crippen LogP contribution >= 0.6 is 11.6 Å². The van der Waals surface area contributed by atoms with E-state index in [2.05, 4.69) is 65.6 Å². The fraction of sp³-hybridized carbons (Fsp3) is 0.0952. The van der Waals surface area contributed by atoms with Crippen LogP contribution in [0.25, 0.3) is 0 Å². The van der Waals surface area contributed by atoms with Crippen molar-refractivity contribution in [2.75, 3.05) is 4.90 Å². The lowest BCUT2D eigenvalue weighted by Crippen LogP contribution is -2.30. The Balaban J connectivity index is 1.75.